The van der Waals surface area contributed by atoms with E-state index < -0.39 is 0 Å². The molecule has 1 aliphatic rings. The summed E-state index contributed by atoms with van der Waals surface area (Å²) in [6.07, 6.45) is 3.81. The molecule has 2 rings (SSSR count). The lowest BCUT2D eigenvalue weighted by Crippen LogP contribution is -2.26. The third kappa shape index (κ3) is 3.68. The van der Waals surface area contributed by atoms with E-state index in [2.05, 4.69) is 22.2 Å². The molecule has 0 bridgehead atoms. The predicted molar refractivity (Wildman–Crippen MR) is 72.5 cm³/mol. The Balaban J connectivity index is 1.93. The summed E-state index contributed by atoms with van der Waals surface area (Å²) in [5, 5.41) is 5.16. The van der Waals surface area contributed by atoms with Gasteiger partial charge in [0.05, 0.1) is 0 Å². The minimum Gasteiger partial charge on any atom is -0.314 e. The lowest BCUT2D eigenvalue weighted by molar-refractivity contribution is 0.543. The van der Waals surface area contributed by atoms with Crippen LogP contribution in [0.25, 0.3) is 0 Å². The van der Waals surface area contributed by atoms with E-state index in [4.69, 9.17) is 0 Å². The summed E-state index contributed by atoms with van der Waals surface area (Å²) in [5.74, 6) is 0. The molecule has 1 fully saturated rings. The van der Waals surface area contributed by atoms with Gasteiger partial charge >= 0.3 is 0 Å². The second-order valence-corrected chi connectivity index (χ2v) is 6.01. The van der Waals surface area contributed by atoms with Crippen LogP contribution in [0, 0.1) is 13.8 Å². The minimum atomic E-state index is 0.681. The Morgan fingerprint density at radius 3 is 2.65 bits per heavy atom. The van der Waals surface area contributed by atoms with Gasteiger partial charge in [0.1, 0.15) is 0 Å². The number of rotatable bonds is 4. The largest absolute Gasteiger partial charge is 0.314 e. The molecule has 0 saturated heterocycles. The normalized spacial score (nSPS) is 24.2. The zero-order valence-corrected chi connectivity index (χ0v) is 11.7. The van der Waals surface area contributed by atoms with Gasteiger partial charge in [-0.3, -0.25) is 0 Å². The van der Waals surface area contributed by atoms with Crippen LogP contribution in [0.4, 0.5) is 0 Å². The number of hydrogen-bond acceptors (Lipinski definition) is 4. The molecule has 1 aromatic heterocycles. The van der Waals surface area contributed by atoms with Crippen molar-refractivity contribution < 1.29 is 0 Å². The van der Waals surface area contributed by atoms with E-state index in [9.17, 15) is 0 Å². The van der Waals surface area contributed by atoms with Crippen molar-refractivity contribution in [3.05, 3.63) is 17.5 Å². The van der Waals surface area contributed by atoms with Crippen molar-refractivity contribution in [3.8, 4) is 0 Å². The van der Waals surface area contributed by atoms with Crippen LogP contribution in [0.3, 0.4) is 0 Å². The van der Waals surface area contributed by atoms with E-state index >= 15 is 0 Å². The minimum absolute atomic E-state index is 0.681. The van der Waals surface area contributed by atoms with E-state index in [0.717, 1.165) is 23.1 Å². The van der Waals surface area contributed by atoms with Crippen LogP contribution in [0.5, 0.6) is 0 Å². The maximum atomic E-state index is 4.50. The van der Waals surface area contributed by atoms with Gasteiger partial charge in [-0.05, 0) is 45.7 Å². The first-order chi connectivity index (χ1) is 8.17. The van der Waals surface area contributed by atoms with E-state index in [1.165, 1.54) is 19.3 Å². The summed E-state index contributed by atoms with van der Waals surface area (Å²) in [6.45, 7) is 7.32. The molecule has 0 amide bonds. The number of aryl methyl sites for hydroxylation is 2. The molecule has 1 aromatic rings. The van der Waals surface area contributed by atoms with Crippen LogP contribution in [0.1, 0.15) is 37.6 Å². The van der Waals surface area contributed by atoms with Gasteiger partial charge in [0.15, 0.2) is 5.16 Å². The van der Waals surface area contributed by atoms with Gasteiger partial charge in [0.25, 0.3) is 0 Å². The Morgan fingerprint density at radius 1 is 1.29 bits per heavy atom. The highest BCUT2D eigenvalue weighted by Gasteiger charge is 2.25. The van der Waals surface area contributed by atoms with E-state index in [1.54, 1.807) is 0 Å². The molecule has 0 aromatic carbocycles. The Kier molecular flexibility index (Phi) is 4.40. The van der Waals surface area contributed by atoms with Crippen molar-refractivity contribution in [2.75, 3.05) is 6.54 Å². The number of thioether (sulfide) groups is 1. The molecule has 1 N–H and O–H groups in total. The van der Waals surface area contributed by atoms with Crippen LogP contribution >= 0.6 is 11.8 Å². The van der Waals surface area contributed by atoms with Crippen LogP contribution in [0.15, 0.2) is 11.2 Å². The number of nitrogens with one attached hydrogen (secondary N) is 1. The zero-order valence-electron chi connectivity index (χ0n) is 10.9. The first-order valence-corrected chi connectivity index (χ1v) is 7.27. The van der Waals surface area contributed by atoms with Gasteiger partial charge in [-0.25, -0.2) is 9.97 Å². The first kappa shape index (κ1) is 12.8. The highest BCUT2D eigenvalue weighted by atomic mass is 32.2. The lowest BCUT2D eigenvalue weighted by atomic mass is 10.2. The van der Waals surface area contributed by atoms with Gasteiger partial charge < -0.3 is 5.32 Å². The summed E-state index contributed by atoms with van der Waals surface area (Å²) in [5.41, 5.74) is 2.14. The van der Waals surface area contributed by atoms with Crippen molar-refractivity contribution in [1.29, 1.82) is 0 Å². The highest BCUT2D eigenvalue weighted by Crippen LogP contribution is 2.33. The SMILES string of the molecule is CCNC1CCC(Sc2nc(C)cc(C)n2)C1. The molecule has 3 nitrogen and oxygen atoms in total. The summed E-state index contributed by atoms with van der Waals surface area (Å²) in [7, 11) is 0. The average molecular weight is 251 g/mol. The van der Waals surface area contributed by atoms with Crippen molar-refractivity contribution in [2.45, 2.75) is 56.5 Å². The van der Waals surface area contributed by atoms with Gasteiger partial charge in [-0.2, -0.15) is 0 Å². The highest BCUT2D eigenvalue weighted by molar-refractivity contribution is 7.99. The molecule has 0 aliphatic heterocycles. The molecule has 17 heavy (non-hydrogen) atoms. The average Bonchev–Trinajstić information content (AvgIpc) is 2.64. The number of nitrogens with zero attached hydrogens (tertiary/aromatic N) is 2. The standard InChI is InChI=1S/C13H21N3S/c1-4-14-11-5-6-12(8-11)17-13-15-9(2)7-10(3)16-13/h7,11-12,14H,4-6,8H2,1-3H3. The molecule has 0 radical (unpaired) electrons. The van der Waals surface area contributed by atoms with Gasteiger partial charge in [0, 0.05) is 22.7 Å². The summed E-state index contributed by atoms with van der Waals surface area (Å²) < 4.78 is 0. The summed E-state index contributed by atoms with van der Waals surface area (Å²) in [6, 6.07) is 2.73. The summed E-state index contributed by atoms with van der Waals surface area (Å²) >= 11 is 1.85. The molecule has 2 atom stereocenters. The first-order valence-electron chi connectivity index (χ1n) is 6.39. The Morgan fingerprint density at radius 2 is 2.00 bits per heavy atom. The van der Waals surface area contributed by atoms with E-state index in [-0.39, 0.29) is 0 Å². The van der Waals surface area contributed by atoms with Crippen molar-refractivity contribution >= 4 is 11.8 Å². The smallest absolute Gasteiger partial charge is 0.188 e. The van der Waals surface area contributed by atoms with Crippen LogP contribution < -0.4 is 5.32 Å². The van der Waals surface area contributed by atoms with Crippen molar-refractivity contribution in [1.82, 2.24) is 15.3 Å². The fourth-order valence-corrected chi connectivity index (χ4v) is 3.69. The van der Waals surface area contributed by atoms with Crippen molar-refractivity contribution in [3.63, 3.8) is 0 Å². The third-order valence-corrected chi connectivity index (χ3v) is 4.27. The van der Waals surface area contributed by atoms with Crippen LogP contribution in [0.2, 0.25) is 0 Å². The molecular weight excluding hydrogens is 230 g/mol. The molecule has 0 spiro atoms. The van der Waals surface area contributed by atoms with E-state index in [0.29, 0.717) is 11.3 Å². The monoisotopic (exact) mass is 251 g/mol. The summed E-state index contributed by atoms with van der Waals surface area (Å²) in [4.78, 5) is 9.00. The van der Waals surface area contributed by atoms with E-state index in [1.807, 2.05) is 31.7 Å². The molecule has 1 saturated carbocycles. The predicted octanol–water partition coefficient (Wildman–Crippen LogP) is 2.72. The Bertz CT molecular complexity index is 361. The van der Waals surface area contributed by atoms with Gasteiger partial charge in [-0.1, -0.05) is 18.7 Å². The molecule has 1 heterocycles. The van der Waals surface area contributed by atoms with Crippen molar-refractivity contribution in [2.24, 2.45) is 0 Å². The molecule has 1 aliphatic carbocycles. The molecule has 2 unspecified atom stereocenters. The fraction of sp³-hybridized carbons (Fsp3) is 0.692. The fourth-order valence-electron chi connectivity index (χ4n) is 2.42. The van der Waals surface area contributed by atoms with Gasteiger partial charge in [0.2, 0.25) is 0 Å². The molecular formula is C13H21N3S. The van der Waals surface area contributed by atoms with Crippen LogP contribution in [-0.4, -0.2) is 27.8 Å². The lowest BCUT2D eigenvalue weighted by Gasteiger charge is -2.11. The number of hydrogen-bond donors (Lipinski definition) is 1. The maximum absolute atomic E-state index is 4.50. The Hall–Kier alpha value is -0.610. The second kappa shape index (κ2) is 5.83. The second-order valence-electron chi connectivity index (χ2n) is 4.74. The quantitative estimate of drug-likeness (QED) is 0.835. The topological polar surface area (TPSA) is 37.8 Å². The molecule has 94 valence electrons. The zero-order chi connectivity index (χ0) is 12.3. The van der Waals surface area contributed by atoms with Gasteiger partial charge in [-0.15, -0.1) is 0 Å². The molecule has 4 heteroatoms. The third-order valence-electron chi connectivity index (χ3n) is 3.11. The van der Waals surface area contributed by atoms with Crippen LogP contribution in [-0.2, 0) is 0 Å². The maximum Gasteiger partial charge on any atom is 0.188 e. The Labute approximate surface area is 108 Å². The number of aromatic nitrogens is 2.